The van der Waals surface area contributed by atoms with Gasteiger partial charge in [0.15, 0.2) is 0 Å². The van der Waals surface area contributed by atoms with E-state index in [9.17, 15) is 4.79 Å². The predicted octanol–water partition coefficient (Wildman–Crippen LogP) is 1.35. The number of likely N-dealkylation sites (N-methyl/N-ethyl adjacent to an activating group) is 1. The van der Waals surface area contributed by atoms with Crippen molar-refractivity contribution in [1.29, 1.82) is 0 Å². The van der Waals surface area contributed by atoms with Crippen LogP contribution in [0.15, 0.2) is 0 Å². The number of carbonyl (C=O) groups excluding carboxylic acids is 1. The van der Waals surface area contributed by atoms with E-state index in [1.54, 1.807) is 0 Å². The molecule has 0 aromatic carbocycles. The third kappa shape index (κ3) is 4.28. The number of ether oxygens (including phenoxy) is 1. The normalized spacial score (nSPS) is 18.6. The highest BCUT2D eigenvalue weighted by Gasteiger charge is 2.25. The van der Waals surface area contributed by atoms with Crippen LogP contribution in [-0.2, 0) is 9.53 Å². The van der Waals surface area contributed by atoms with E-state index in [-0.39, 0.29) is 12.5 Å². The topological polar surface area (TPSA) is 32.8 Å². The minimum absolute atomic E-state index is 0.106. The summed E-state index contributed by atoms with van der Waals surface area (Å²) in [6, 6.07) is 0.998. The van der Waals surface area contributed by atoms with Gasteiger partial charge in [-0.2, -0.15) is 0 Å². The second kappa shape index (κ2) is 6.97. The molecular weight excluding hydrogens is 216 g/mol. The van der Waals surface area contributed by atoms with Gasteiger partial charge in [0.2, 0.25) is 5.91 Å². The van der Waals surface area contributed by atoms with Gasteiger partial charge in [-0.15, -0.1) is 0 Å². The summed E-state index contributed by atoms with van der Waals surface area (Å²) < 4.78 is 5.16. The van der Waals surface area contributed by atoms with Gasteiger partial charge >= 0.3 is 0 Å². The predicted molar refractivity (Wildman–Crippen MR) is 69.0 cm³/mol. The molecule has 4 heteroatoms. The van der Waals surface area contributed by atoms with Crippen LogP contribution in [0.5, 0.6) is 0 Å². The maximum absolute atomic E-state index is 11.8. The number of hydrogen-bond acceptors (Lipinski definition) is 3. The number of rotatable bonds is 5. The molecule has 0 N–H and O–H groups in total. The van der Waals surface area contributed by atoms with Crippen LogP contribution in [0.3, 0.4) is 0 Å². The Kier molecular flexibility index (Phi) is 5.92. The zero-order valence-electron chi connectivity index (χ0n) is 11.6. The molecule has 1 aliphatic rings. The Hall–Kier alpha value is -0.610. The highest BCUT2D eigenvalue weighted by Crippen LogP contribution is 2.17. The van der Waals surface area contributed by atoms with Crippen molar-refractivity contribution < 1.29 is 9.53 Å². The molecule has 1 saturated heterocycles. The molecule has 0 aromatic heterocycles. The van der Waals surface area contributed by atoms with Crippen LogP contribution < -0.4 is 0 Å². The standard InChI is InChI=1S/C13H26N2O2/c1-5-17-10-13(16)14(4)12-6-8-15(9-7-12)11(2)3/h11-12H,5-10H2,1-4H3. The summed E-state index contributed by atoms with van der Waals surface area (Å²) in [6.07, 6.45) is 2.15. The minimum atomic E-state index is 0.106. The highest BCUT2D eigenvalue weighted by atomic mass is 16.5. The molecule has 1 aliphatic heterocycles. The molecule has 1 heterocycles. The van der Waals surface area contributed by atoms with E-state index in [2.05, 4.69) is 18.7 Å². The van der Waals surface area contributed by atoms with Gasteiger partial charge in [0.05, 0.1) is 0 Å². The summed E-state index contributed by atoms with van der Waals surface area (Å²) in [6.45, 7) is 9.37. The first-order chi connectivity index (χ1) is 8.06. The number of piperidine rings is 1. The first-order valence-electron chi connectivity index (χ1n) is 6.63. The van der Waals surface area contributed by atoms with Crippen molar-refractivity contribution in [2.24, 2.45) is 0 Å². The van der Waals surface area contributed by atoms with Crippen LogP contribution in [-0.4, -0.2) is 61.1 Å². The fourth-order valence-electron chi connectivity index (χ4n) is 2.28. The second-order valence-electron chi connectivity index (χ2n) is 5.00. The van der Waals surface area contributed by atoms with Crippen molar-refractivity contribution in [3.05, 3.63) is 0 Å². The Morgan fingerprint density at radius 2 is 2.00 bits per heavy atom. The molecular formula is C13H26N2O2. The van der Waals surface area contributed by atoms with Gasteiger partial charge in [-0.3, -0.25) is 4.79 Å². The van der Waals surface area contributed by atoms with Gasteiger partial charge in [0.1, 0.15) is 6.61 Å². The first kappa shape index (κ1) is 14.5. The third-order valence-electron chi connectivity index (χ3n) is 3.60. The zero-order valence-corrected chi connectivity index (χ0v) is 11.6. The molecule has 0 aliphatic carbocycles. The molecule has 0 bridgehead atoms. The van der Waals surface area contributed by atoms with Crippen molar-refractivity contribution in [3.63, 3.8) is 0 Å². The van der Waals surface area contributed by atoms with Crippen LogP contribution in [0.1, 0.15) is 33.6 Å². The van der Waals surface area contributed by atoms with E-state index in [1.807, 2.05) is 18.9 Å². The molecule has 1 fully saturated rings. The fourth-order valence-corrected chi connectivity index (χ4v) is 2.28. The first-order valence-corrected chi connectivity index (χ1v) is 6.63. The van der Waals surface area contributed by atoms with Crippen LogP contribution in [0.2, 0.25) is 0 Å². The lowest BCUT2D eigenvalue weighted by molar-refractivity contribution is -0.137. The smallest absolute Gasteiger partial charge is 0.248 e. The Morgan fingerprint density at radius 3 is 2.47 bits per heavy atom. The van der Waals surface area contributed by atoms with Crippen LogP contribution >= 0.6 is 0 Å². The van der Waals surface area contributed by atoms with E-state index in [4.69, 9.17) is 4.74 Å². The minimum Gasteiger partial charge on any atom is -0.372 e. The summed E-state index contributed by atoms with van der Waals surface area (Å²) in [7, 11) is 1.90. The fraction of sp³-hybridized carbons (Fsp3) is 0.923. The van der Waals surface area contributed by atoms with Crippen molar-refractivity contribution in [1.82, 2.24) is 9.80 Å². The molecule has 0 saturated carbocycles. The molecule has 0 atom stereocenters. The summed E-state index contributed by atoms with van der Waals surface area (Å²) >= 11 is 0. The van der Waals surface area contributed by atoms with Crippen molar-refractivity contribution in [2.45, 2.75) is 45.7 Å². The number of carbonyl (C=O) groups is 1. The molecule has 0 radical (unpaired) electrons. The lowest BCUT2D eigenvalue weighted by Crippen LogP contribution is -2.48. The van der Waals surface area contributed by atoms with Gasteiger partial charge < -0.3 is 14.5 Å². The van der Waals surface area contributed by atoms with Crippen LogP contribution in [0, 0.1) is 0 Å². The average molecular weight is 242 g/mol. The molecule has 4 nitrogen and oxygen atoms in total. The molecule has 17 heavy (non-hydrogen) atoms. The Bertz CT molecular complexity index is 236. The molecule has 1 amide bonds. The van der Waals surface area contributed by atoms with E-state index in [0.29, 0.717) is 18.7 Å². The van der Waals surface area contributed by atoms with E-state index >= 15 is 0 Å². The molecule has 100 valence electrons. The van der Waals surface area contributed by atoms with Gasteiger partial charge in [0, 0.05) is 38.8 Å². The van der Waals surface area contributed by atoms with Gasteiger partial charge in [-0.25, -0.2) is 0 Å². The number of likely N-dealkylation sites (tertiary alicyclic amines) is 1. The SMILES string of the molecule is CCOCC(=O)N(C)C1CCN(C(C)C)CC1. The molecule has 0 aromatic rings. The summed E-state index contributed by atoms with van der Waals surface area (Å²) in [4.78, 5) is 16.1. The monoisotopic (exact) mass is 242 g/mol. The van der Waals surface area contributed by atoms with Gasteiger partial charge in [0.25, 0.3) is 0 Å². The molecule has 1 rings (SSSR count). The van der Waals surface area contributed by atoms with E-state index in [0.717, 1.165) is 25.9 Å². The van der Waals surface area contributed by atoms with Crippen molar-refractivity contribution in [2.75, 3.05) is 33.4 Å². The number of amides is 1. The summed E-state index contributed by atoms with van der Waals surface area (Å²) in [5.41, 5.74) is 0. The largest absolute Gasteiger partial charge is 0.372 e. The number of hydrogen-bond donors (Lipinski definition) is 0. The van der Waals surface area contributed by atoms with Crippen molar-refractivity contribution >= 4 is 5.91 Å². The Morgan fingerprint density at radius 1 is 1.41 bits per heavy atom. The Balaban J connectivity index is 2.35. The maximum Gasteiger partial charge on any atom is 0.248 e. The Labute approximate surface area is 105 Å². The summed E-state index contributed by atoms with van der Waals surface area (Å²) in [5, 5.41) is 0. The molecule has 0 spiro atoms. The van der Waals surface area contributed by atoms with Crippen molar-refractivity contribution in [3.8, 4) is 0 Å². The third-order valence-corrected chi connectivity index (χ3v) is 3.60. The lowest BCUT2D eigenvalue weighted by Gasteiger charge is -2.38. The van der Waals surface area contributed by atoms with Crippen LogP contribution in [0.25, 0.3) is 0 Å². The highest BCUT2D eigenvalue weighted by molar-refractivity contribution is 5.77. The summed E-state index contributed by atoms with van der Waals surface area (Å²) in [5.74, 6) is 0.106. The number of nitrogens with zero attached hydrogens (tertiary/aromatic N) is 2. The zero-order chi connectivity index (χ0) is 12.8. The average Bonchev–Trinajstić information content (AvgIpc) is 2.35. The van der Waals surface area contributed by atoms with Crippen LogP contribution in [0.4, 0.5) is 0 Å². The molecule has 0 unspecified atom stereocenters. The second-order valence-corrected chi connectivity index (χ2v) is 5.00. The van der Waals surface area contributed by atoms with Gasteiger partial charge in [-0.05, 0) is 33.6 Å². The van der Waals surface area contributed by atoms with Gasteiger partial charge in [-0.1, -0.05) is 0 Å². The van der Waals surface area contributed by atoms with E-state index in [1.165, 1.54) is 0 Å². The lowest BCUT2D eigenvalue weighted by atomic mass is 10.0. The maximum atomic E-state index is 11.8. The van der Waals surface area contributed by atoms with E-state index < -0.39 is 0 Å². The quantitative estimate of drug-likeness (QED) is 0.729.